The summed E-state index contributed by atoms with van der Waals surface area (Å²) in [6.07, 6.45) is 2.11. The lowest BCUT2D eigenvalue weighted by molar-refractivity contribution is -0.134. The van der Waals surface area contributed by atoms with Gasteiger partial charge in [0.05, 0.1) is 11.1 Å². The van der Waals surface area contributed by atoms with Crippen molar-refractivity contribution in [2.45, 2.75) is 38.4 Å². The number of rotatable bonds is 5. The fraction of sp³-hybridized carbons (Fsp3) is 0.533. The molecule has 1 fully saturated rings. The van der Waals surface area contributed by atoms with Crippen LogP contribution in [-0.2, 0) is 9.53 Å². The Morgan fingerprint density at radius 2 is 2.24 bits per heavy atom. The first-order valence-corrected chi connectivity index (χ1v) is 7.68. The Labute approximate surface area is 134 Å². The van der Waals surface area contributed by atoms with Gasteiger partial charge in [-0.25, -0.2) is 0 Å². The van der Waals surface area contributed by atoms with Crippen molar-refractivity contribution in [2.24, 2.45) is 0 Å². The van der Waals surface area contributed by atoms with Crippen LogP contribution < -0.4 is 10.1 Å². The predicted octanol–water partition coefficient (Wildman–Crippen LogP) is 3.45. The van der Waals surface area contributed by atoms with Gasteiger partial charge in [-0.2, -0.15) is 0 Å². The molecule has 1 aliphatic rings. The van der Waals surface area contributed by atoms with Crippen LogP contribution in [0.5, 0.6) is 5.75 Å². The Bertz CT molecular complexity index is 514. The molecule has 21 heavy (non-hydrogen) atoms. The molecule has 0 aromatic heterocycles. The average molecular weight is 332 g/mol. The van der Waals surface area contributed by atoms with Crippen molar-refractivity contribution in [3.63, 3.8) is 0 Å². The zero-order chi connectivity index (χ0) is 15.5. The summed E-state index contributed by atoms with van der Waals surface area (Å²) in [6, 6.07) is 4.90. The van der Waals surface area contributed by atoms with Gasteiger partial charge in [0.1, 0.15) is 5.75 Å². The van der Waals surface area contributed by atoms with E-state index in [1.54, 1.807) is 32.0 Å². The number of hydrogen-bond donors (Lipinski definition) is 1. The highest BCUT2D eigenvalue weighted by molar-refractivity contribution is 6.34. The molecule has 0 bridgehead atoms. The van der Waals surface area contributed by atoms with Gasteiger partial charge in [0, 0.05) is 24.2 Å². The quantitative estimate of drug-likeness (QED) is 0.898. The number of carbonyl (C=O) groups is 1. The van der Waals surface area contributed by atoms with Crippen molar-refractivity contribution >= 4 is 29.1 Å². The van der Waals surface area contributed by atoms with Gasteiger partial charge in [-0.3, -0.25) is 4.79 Å². The van der Waals surface area contributed by atoms with E-state index in [-0.39, 0.29) is 12.0 Å². The summed E-state index contributed by atoms with van der Waals surface area (Å²) in [6.45, 7) is 4.64. The Morgan fingerprint density at radius 3 is 2.90 bits per heavy atom. The molecule has 2 rings (SSSR count). The maximum Gasteiger partial charge on any atom is 0.263 e. The highest BCUT2D eigenvalue weighted by Gasteiger charge is 2.31. The maximum absolute atomic E-state index is 12.3. The third-order valence-electron chi connectivity index (χ3n) is 3.32. The first-order valence-electron chi connectivity index (χ1n) is 6.92. The van der Waals surface area contributed by atoms with Crippen molar-refractivity contribution in [1.82, 2.24) is 5.32 Å². The standard InChI is InChI=1S/C15H19Cl2NO3/c1-15(2,14(19)18-9-11-4-3-7-20-11)21-13-8-10(16)5-6-12(13)17/h5-6,8,11H,3-4,7,9H2,1-2H3,(H,18,19)/t11-/m0/s1. The summed E-state index contributed by atoms with van der Waals surface area (Å²) in [7, 11) is 0. The molecule has 0 unspecified atom stereocenters. The van der Waals surface area contributed by atoms with Crippen molar-refractivity contribution < 1.29 is 14.3 Å². The van der Waals surface area contributed by atoms with E-state index in [2.05, 4.69) is 5.32 Å². The summed E-state index contributed by atoms with van der Waals surface area (Å²) >= 11 is 12.0. The van der Waals surface area contributed by atoms with Crippen LogP contribution in [0.3, 0.4) is 0 Å². The molecule has 1 aromatic carbocycles. The number of carbonyl (C=O) groups excluding carboxylic acids is 1. The third kappa shape index (κ3) is 4.50. The predicted molar refractivity (Wildman–Crippen MR) is 83.2 cm³/mol. The Balaban J connectivity index is 1.96. The summed E-state index contributed by atoms with van der Waals surface area (Å²) in [5.74, 6) is 0.176. The molecule has 1 aromatic rings. The summed E-state index contributed by atoms with van der Waals surface area (Å²) in [4.78, 5) is 12.3. The molecule has 6 heteroatoms. The number of amides is 1. The second-order valence-corrected chi connectivity index (χ2v) is 6.38. The van der Waals surface area contributed by atoms with Crippen molar-refractivity contribution in [2.75, 3.05) is 13.2 Å². The fourth-order valence-electron chi connectivity index (χ4n) is 2.10. The Morgan fingerprint density at radius 1 is 1.48 bits per heavy atom. The minimum atomic E-state index is -1.05. The number of benzene rings is 1. The third-order valence-corrected chi connectivity index (χ3v) is 3.87. The van der Waals surface area contributed by atoms with Gasteiger partial charge in [-0.1, -0.05) is 23.2 Å². The topological polar surface area (TPSA) is 47.6 Å². The van der Waals surface area contributed by atoms with Gasteiger partial charge in [0.15, 0.2) is 5.60 Å². The first kappa shape index (κ1) is 16.4. The lowest BCUT2D eigenvalue weighted by Crippen LogP contribution is -2.48. The van der Waals surface area contributed by atoms with Crippen LogP contribution in [0.2, 0.25) is 10.0 Å². The van der Waals surface area contributed by atoms with E-state index in [1.165, 1.54) is 0 Å². The Hall–Kier alpha value is -0.970. The smallest absolute Gasteiger partial charge is 0.263 e. The van der Waals surface area contributed by atoms with Crippen LogP contribution >= 0.6 is 23.2 Å². The van der Waals surface area contributed by atoms with E-state index in [0.29, 0.717) is 22.3 Å². The van der Waals surface area contributed by atoms with Crippen molar-refractivity contribution in [3.8, 4) is 5.75 Å². The van der Waals surface area contributed by atoms with Crippen LogP contribution in [0.4, 0.5) is 0 Å². The maximum atomic E-state index is 12.3. The molecule has 1 saturated heterocycles. The number of ether oxygens (including phenoxy) is 2. The van der Waals surface area contributed by atoms with Crippen molar-refractivity contribution in [3.05, 3.63) is 28.2 Å². The molecule has 1 aliphatic heterocycles. The van der Waals surface area contributed by atoms with E-state index >= 15 is 0 Å². The lowest BCUT2D eigenvalue weighted by Gasteiger charge is -2.26. The second kappa shape index (κ2) is 6.86. The zero-order valence-corrected chi connectivity index (χ0v) is 13.6. The SMILES string of the molecule is CC(C)(Oc1cc(Cl)ccc1Cl)C(=O)NC[C@@H]1CCCO1. The van der Waals surface area contributed by atoms with Gasteiger partial charge >= 0.3 is 0 Å². The molecule has 0 saturated carbocycles. The molecular weight excluding hydrogens is 313 g/mol. The lowest BCUT2D eigenvalue weighted by atomic mass is 10.1. The highest BCUT2D eigenvalue weighted by atomic mass is 35.5. The summed E-state index contributed by atoms with van der Waals surface area (Å²) < 4.78 is 11.2. The van der Waals surface area contributed by atoms with E-state index in [4.69, 9.17) is 32.7 Å². The minimum absolute atomic E-state index is 0.0968. The van der Waals surface area contributed by atoms with Crippen LogP contribution in [0.25, 0.3) is 0 Å². The first-order chi connectivity index (χ1) is 9.88. The molecule has 1 amide bonds. The summed E-state index contributed by atoms with van der Waals surface area (Å²) in [5.41, 5.74) is -1.05. The van der Waals surface area contributed by atoms with Gasteiger partial charge < -0.3 is 14.8 Å². The molecule has 1 N–H and O–H groups in total. The molecule has 116 valence electrons. The van der Waals surface area contributed by atoms with E-state index in [1.807, 2.05) is 0 Å². The van der Waals surface area contributed by atoms with Crippen LogP contribution in [0.1, 0.15) is 26.7 Å². The Kier molecular flexibility index (Phi) is 5.36. The molecule has 1 atom stereocenters. The number of nitrogens with one attached hydrogen (secondary N) is 1. The zero-order valence-electron chi connectivity index (χ0n) is 12.1. The van der Waals surface area contributed by atoms with Crippen molar-refractivity contribution in [1.29, 1.82) is 0 Å². The van der Waals surface area contributed by atoms with E-state index in [0.717, 1.165) is 19.4 Å². The number of halogens is 2. The molecule has 0 aliphatic carbocycles. The van der Waals surface area contributed by atoms with Gasteiger partial charge in [-0.15, -0.1) is 0 Å². The average Bonchev–Trinajstić information content (AvgIpc) is 2.93. The molecule has 1 heterocycles. The second-order valence-electron chi connectivity index (χ2n) is 5.53. The van der Waals surface area contributed by atoms with Gasteiger partial charge in [-0.05, 0) is 38.8 Å². The molecule has 0 radical (unpaired) electrons. The fourth-order valence-corrected chi connectivity index (χ4v) is 2.42. The molecular formula is C15H19Cl2NO3. The number of hydrogen-bond acceptors (Lipinski definition) is 3. The van der Waals surface area contributed by atoms with Crippen LogP contribution in [0, 0.1) is 0 Å². The van der Waals surface area contributed by atoms with Crippen LogP contribution in [-0.4, -0.2) is 30.8 Å². The highest BCUT2D eigenvalue weighted by Crippen LogP contribution is 2.30. The van der Waals surface area contributed by atoms with E-state index < -0.39 is 5.60 Å². The monoisotopic (exact) mass is 331 g/mol. The largest absolute Gasteiger partial charge is 0.476 e. The minimum Gasteiger partial charge on any atom is -0.476 e. The van der Waals surface area contributed by atoms with Gasteiger partial charge in [0.2, 0.25) is 0 Å². The van der Waals surface area contributed by atoms with Gasteiger partial charge in [0.25, 0.3) is 5.91 Å². The molecule has 4 nitrogen and oxygen atoms in total. The summed E-state index contributed by atoms with van der Waals surface area (Å²) in [5, 5.41) is 3.77. The van der Waals surface area contributed by atoms with E-state index in [9.17, 15) is 4.79 Å². The van der Waals surface area contributed by atoms with Crippen LogP contribution in [0.15, 0.2) is 18.2 Å². The molecule has 0 spiro atoms. The normalized spacial score (nSPS) is 18.6.